The molecule has 0 spiro atoms. The van der Waals surface area contributed by atoms with Gasteiger partial charge in [0.25, 0.3) is 0 Å². The lowest BCUT2D eigenvalue weighted by Gasteiger charge is -2.05. The van der Waals surface area contributed by atoms with Crippen LogP contribution in [0, 0.1) is 0 Å². The number of nitrogens with zero attached hydrogens (tertiary/aromatic N) is 1. The second-order valence-corrected chi connectivity index (χ2v) is 4.24. The molecular formula is C16H16N2O. The molecule has 19 heavy (non-hydrogen) atoms. The van der Waals surface area contributed by atoms with Crippen LogP contribution in [0.1, 0.15) is 18.2 Å². The van der Waals surface area contributed by atoms with E-state index in [1.54, 1.807) is 13.1 Å². The first-order chi connectivity index (χ1) is 9.25. The lowest BCUT2D eigenvalue weighted by Crippen LogP contribution is -2.23. The Morgan fingerprint density at radius 1 is 1.16 bits per heavy atom. The quantitative estimate of drug-likeness (QED) is 0.850. The van der Waals surface area contributed by atoms with Crippen LogP contribution in [0.15, 0.2) is 60.3 Å². The second-order valence-electron chi connectivity index (χ2n) is 4.24. The number of nitrogens with one attached hydrogen (secondary N) is 1. The van der Waals surface area contributed by atoms with E-state index in [2.05, 4.69) is 10.3 Å². The van der Waals surface area contributed by atoms with Crippen molar-refractivity contribution in [1.29, 1.82) is 0 Å². The summed E-state index contributed by atoms with van der Waals surface area (Å²) in [6, 6.07) is 15.4. The molecule has 2 aromatic rings. The summed E-state index contributed by atoms with van der Waals surface area (Å²) >= 11 is 0. The van der Waals surface area contributed by atoms with Crippen LogP contribution < -0.4 is 5.32 Å². The van der Waals surface area contributed by atoms with E-state index < -0.39 is 0 Å². The van der Waals surface area contributed by atoms with Gasteiger partial charge in [0.05, 0.1) is 12.2 Å². The predicted molar refractivity (Wildman–Crippen MR) is 76.2 cm³/mol. The predicted octanol–water partition coefficient (Wildman–Crippen LogP) is 2.80. The van der Waals surface area contributed by atoms with Crippen molar-refractivity contribution in [3.8, 4) is 0 Å². The zero-order valence-corrected chi connectivity index (χ0v) is 10.8. The molecule has 0 aliphatic rings. The minimum Gasteiger partial charge on any atom is -0.347 e. The summed E-state index contributed by atoms with van der Waals surface area (Å²) in [5.74, 6) is -0.0745. The number of hydrogen-bond donors (Lipinski definition) is 1. The van der Waals surface area contributed by atoms with Crippen LogP contribution in [0.25, 0.3) is 6.08 Å². The van der Waals surface area contributed by atoms with Crippen molar-refractivity contribution in [2.75, 3.05) is 0 Å². The van der Waals surface area contributed by atoms with Gasteiger partial charge in [0, 0.05) is 11.8 Å². The lowest BCUT2D eigenvalue weighted by atomic mass is 10.1. The first-order valence-electron chi connectivity index (χ1n) is 6.17. The number of amides is 1. The van der Waals surface area contributed by atoms with Gasteiger partial charge in [-0.25, -0.2) is 0 Å². The number of carbonyl (C=O) groups is 1. The maximum Gasteiger partial charge on any atom is 0.247 e. The van der Waals surface area contributed by atoms with Crippen LogP contribution in [-0.4, -0.2) is 10.9 Å². The van der Waals surface area contributed by atoms with Gasteiger partial charge in [-0.3, -0.25) is 9.78 Å². The summed E-state index contributed by atoms with van der Waals surface area (Å²) in [6.07, 6.45) is 3.59. The molecule has 3 heteroatoms. The smallest absolute Gasteiger partial charge is 0.247 e. The third kappa shape index (κ3) is 4.07. The van der Waals surface area contributed by atoms with Crippen molar-refractivity contribution in [3.05, 3.63) is 71.6 Å². The summed E-state index contributed by atoms with van der Waals surface area (Å²) in [6.45, 7) is 2.25. The highest BCUT2D eigenvalue weighted by Gasteiger charge is 2.04. The van der Waals surface area contributed by atoms with E-state index in [-0.39, 0.29) is 5.91 Å². The molecule has 1 amide bonds. The molecule has 0 saturated carbocycles. The van der Waals surface area contributed by atoms with Crippen LogP contribution >= 0.6 is 0 Å². The molecule has 1 N–H and O–H groups in total. The molecule has 0 aliphatic carbocycles. The SMILES string of the molecule is CC(=Cc1ccccc1)C(=O)NCc1ccccn1. The third-order valence-corrected chi connectivity index (χ3v) is 2.70. The van der Waals surface area contributed by atoms with Gasteiger partial charge < -0.3 is 5.32 Å². The van der Waals surface area contributed by atoms with E-state index in [0.29, 0.717) is 12.1 Å². The molecule has 2 rings (SSSR count). The summed E-state index contributed by atoms with van der Waals surface area (Å²) in [5.41, 5.74) is 2.55. The van der Waals surface area contributed by atoms with E-state index in [1.807, 2.05) is 54.6 Å². The zero-order valence-electron chi connectivity index (χ0n) is 10.8. The van der Waals surface area contributed by atoms with E-state index in [9.17, 15) is 4.79 Å². The van der Waals surface area contributed by atoms with Gasteiger partial charge in [0.2, 0.25) is 5.91 Å². The molecule has 1 aromatic heterocycles. The molecule has 3 nitrogen and oxygen atoms in total. The number of carbonyl (C=O) groups excluding carboxylic acids is 1. The first-order valence-corrected chi connectivity index (χ1v) is 6.17. The van der Waals surface area contributed by atoms with Crippen LogP contribution in [0.5, 0.6) is 0 Å². The number of rotatable bonds is 4. The molecular weight excluding hydrogens is 236 g/mol. The topological polar surface area (TPSA) is 42.0 Å². The van der Waals surface area contributed by atoms with Crippen molar-refractivity contribution in [2.45, 2.75) is 13.5 Å². The lowest BCUT2D eigenvalue weighted by molar-refractivity contribution is -0.117. The number of aromatic nitrogens is 1. The zero-order chi connectivity index (χ0) is 13.5. The van der Waals surface area contributed by atoms with Crippen molar-refractivity contribution >= 4 is 12.0 Å². The van der Waals surface area contributed by atoms with Crippen molar-refractivity contribution < 1.29 is 4.79 Å². The summed E-state index contributed by atoms with van der Waals surface area (Å²) < 4.78 is 0. The maximum atomic E-state index is 11.9. The van der Waals surface area contributed by atoms with E-state index in [0.717, 1.165) is 11.3 Å². The summed E-state index contributed by atoms with van der Waals surface area (Å²) in [7, 11) is 0. The highest BCUT2D eigenvalue weighted by atomic mass is 16.1. The monoisotopic (exact) mass is 252 g/mol. The fraction of sp³-hybridized carbons (Fsp3) is 0.125. The molecule has 1 heterocycles. The van der Waals surface area contributed by atoms with E-state index in [1.165, 1.54) is 0 Å². The standard InChI is InChI=1S/C16H16N2O/c1-13(11-14-7-3-2-4-8-14)16(19)18-12-15-9-5-6-10-17-15/h2-11H,12H2,1H3,(H,18,19). The maximum absolute atomic E-state index is 11.9. The Morgan fingerprint density at radius 3 is 2.58 bits per heavy atom. The fourth-order valence-corrected chi connectivity index (χ4v) is 1.68. The molecule has 0 fully saturated rings. The van der Waals surface area contributed by atoms with Gasteiger partial charge in [-0.15, -0.1) is 0 Å². The first kappa shape index (κ1) is 13.0. The summed E-state index contributed by atoms with van der Waals surface area (Å²) in [4.78, 5) is 16.1. The van der Waals surface area contributed by atoms with Gasteiger partial charge in [-0.1, -0.05) is 36.4 Å². The van der Waals surface area contributed by atoms with Crippen LogP contribution in [0.3, 0.4) is 0 Å². The molecule has 0 aliphatic heterocycles. The minimum atomic E-state index is -0.0745. The molecule has 0 atom stereocenters. The van der Waals surface area contributed by atoms with E-state index in [4.69, 9.17) is 0 Å². The Labute approximate surface area is 113 Å². The number of benzene rings is 1. The largest absolute Gasteiger partial charge is 0.347 e. The average Bonchev–Trinajstić information content (AvgIpc) is 2.47. The Kier molecular flexibility index (Phi) is 4.45. The molecule has 1 aromatic carbocycles. The van der Waals surface area contributed by atoms with Crippen LogP contribution in [0.2, 0.25) is 0 Å². The van der Waals surface area contributed by atoms with Crippen molar-refractivity contribution in [1.82, 2.24) is 10.3 Å². The highest BCUT2D eigenvalue weighted by molar-refractivity contribution is 5.97. The van der Waals surface area contributed by atoms with Gasteiger partial charge >= 0.3 is 0 Å². The molecule has 96 valence electrons. The summed E-state index contributed by atoms with van der Waals surface area (Å²) in [5, 5.41) is 2.85. The normalized spacial score (nSPS) is 11.1. The van der Waals surface area contributed by atoms with Crippen molar-refractivity contribution in [3.63, 3.8) is 0 Å². The third-order valence-electron chi connectivity index (χ3n) is 2.70. The van der Waals surface area contributed by atoms with Crippen molar-refractivity contribution in [2.24, 2.45) is 0 Å². The Morgan fingerprint density at radius 2 is 1.89 bits per heavy atom. The molecule has 0 radical (unpaired) electrons. The van der Waals surface area contributed by atoms with Crippen LogP contribution in [0.4, 0.5) is 0 Å². The molecule has 0 unspecified atom stereocenters. The number of pyridine rings is 1. The van der Waals surface area contributed by atoms with Gasteiger partial charge in [-0.05, 0) is 30.7 Å². The second kappa shape index (κ2) is 6.50. The van der Waals surface area contributed by atoms with Gasteiger partial charge in [0.15, 0.2) is 0 Å². The number of hydrogen-bond acceptors (Lipinski definition) is 2. The highest BCUT2D eigenvalue weighted by Crippen LogP contribution is 2.06. The molecule has 0 bridgehead atoms. The van der Waals surface area contributed by atoms with E-state index >= 15 is 0 Å². The average molecular weight is 252 g/mol. The Bertz CT molecular complexity index is 562. The van der Waals surface area contributed by atoms with Gasteiger partial charge in [0.1, 0.15) is 0 Å². The molecule has 0 saturated heterocycles. The minimum absolute atomic E-state index is 0.0745. The van der Waals surface area contributed by atoms with Crippen LogP contribution in [-0.2, 0) is 11.3 Å². The Hall–Kier alpha value is -2.42. The Balaban J connectivity index is 1.95. The fourth-order valence-electron chi connectivity index (χ4n) is 1.68. The van der Waals surface area contributed by atoms with Gasteiger partial charge in [-0.2, -0.15) is 0 Å².